The third-order valence-electron chi connectivity index (χ3n) is 2.46. The zero-order valence-corrected chi connectivity index (χ0v) is 10.9. The van der Waals surface area contributed by atoms with Crippen LogP contribution in [0.5, 0.6) is 0 Å². The van der Waals surface area contributed by atoms with E-state index in [0.29, 0.717) is 11.1 Å². The number of ether oxygens (including phenoxy) is 1. The van der Waals surface area contributed by atoms with Gasteiger partial charge in [-0.05, 0) is 29.7 Å². The molecular weight excluding hydrogens is 260 g/mol. The Balaban J connectivity index is 1.96. The fourth-order valence-electron chi connectivity index (χ4n) is 1.51. The van der Waals surface area contributed by atoms with Crippen LogP contribution in [0.3, 0.4) is 0 Å². The summed E-state index contributed by atoms with van der Waals surface area (Å²) in [6, 6.07) is 12.5. The Labute approximate surface area is 115 Å². The highest BCUT2D eigenvalue weighted by atomic mass is 32.1. The molecule has 4 heteroatoms. The zero-order chi connectivity index (χ0) is 13.5. The summed E-state index contributed by atoms with van der Waals surface area (Å²) in [4.78, 5) is 23.5. The Hall–Kier alpha value is -2.20. The van der Waals surface area contributed by atoms with Gasteiger partial charge in [0, 0.05) is 10.5 Å². The predicted molar refractivity (Wildman–Crippen MR) is 75.1 cm³/mol. The van der Waals surface area contributed by atoms with Gasteiger partial charge in [-0.15, -0.1) is 11.3 Å². The van der Waals surface area contributed by atoms with Crippen molar-refractivity contribution in [1.29, 1.82) is 0 Å². The van der Waals surface area contributed by atoms with Gasteiger partial charge in [0.1, 0.15) is 6.61 Å². The van der Waals surface area contributed by atoms with Crippen LogP contribution in [0.25, 0.3) is 5.57 Å². The lowest BCUT2D eigenvalue weighted by atomic mass is 10.2. The molecule has 0 N–H and O–H groups in total. The average molecular weight is 272 g/mol. The molecular formula is C15H12O3S. The molecule has 0 radical (unpaired) electrons. The Kier molecular flexibility index (Phi) is 4.64. The lowest BCUT2D eigenvalue weighted by Crippen LogP contribution is -2.05. The second-order valence-corrected chi connectivity index (χ2v) is 4.67. The first kappa shape index (κ1) is 13.2. The van der Waals surface area contributed by atoms with Gasteiger partial charge in [-0.25, -0.2) is 4.79 Å². The lowest BCUT2D eigenvalue weighted by molar-refractivity contribution is -0.103. The van der Waals surface area contributed by atoms with Gasteiger partial charge < -0.3 is 4.74 Å². The number of carbonyl (C=O) groups excluding carboxylic acids is 2. The van der Waals surface area contributed by atoms with Crippen molar-refractivity contribution in [3.63, 3.8) is 0 Å². The molecule has 0 saturated heterocycles. The minimum atomic E-state index is -0.395. The van der Waals surface area contributed by atoms with Crippen LogP contribution in [0, 0.1) is 0 Å². The van der Waals surface area contributed by atoms with Crippen LogP contribution in [0.15, 0.2) is 53.9 Å². The van der Waals surface area contributed by atoms with Gasteiger partial charge in [-0.2, -0.15) is 0 Å². The van der Waals surface area contributed by atoms with E-state index in [-0.39, 0.29) is 6.61 Å². The van der Waals surface area contributed by atoms with E-state index in [0.717, 1.165) is 11.2 Å². The molecule has 0 amide bonds. The van der Waals surface area contributed by atoms with Gasteiger partial charge in [-0.3, -0.25) is 4.79 Å². The molecule has 1 aromatic heterocycles. The molecule has 1 aromatic carbocycles. The minimum absolute atomic E-state index is 0.0830. The number of thiophene rings is 1. The van der Waals surface area contributed by atoms with E-state index in [4.69, 9.17) is 4.74 Å². The van der Waals surface area contributed by atoms with E-state index in [2.05, 4.69) is 0 Å². The van der Waals surface area contributed by atoms with E-state index in [9.17, 15) is 9.59 Å². The Bertz CT molecular complexity index is 571. The fourth-order valence-corrected chi connectivity index (χ4v) is 2.24. The van der Waals surface area contributed by atoms with E-state index >= 15 is 0 Å². The smallest absolute Gasteiger partial charge is 0.338 e. The number of hydrogen-bond acceptors (Lipinski definition) is 4. The SMILES string of the molecule is O=C/C(=C\COC(=O)c1ccccc1)c1cccs1. The van der Waals surface area contributed by atoms with Gasteiger partial charge in [0.2, 0.25) is 0 Å². The molecule has 2 rings (SSSR count). The number of aldehydes is 1. The molecule has 1 heterocycles. The van der Waals surface area contributed by atoms with Gasteiger partial charge in [0.25, 0.3) is 0 Å². The topological polar surface area (TPSA) is 43.4 Å². The molecule has 96 valence electrons. The van der Waals surface area contributed by atoms with Crippen LogP contribution in [-0.2, 0) is 9.53 Å². The van der Waals surface area contributed by atoms with Crippen LogP contribution in [0.1, 0.15) is 15.2 Å². The molecule has 0 unspecified atom stereocenters. The third-order valence-corrected chi connectivity index (χ3v) is 3.38. The summed E-state index contributed by atoms with van der Waals surface area (Å²) in [5.41, 5.74) is 1.04. The van der Waals surface area contributed by atoms with Gasteiger partial charge in [-0.1, -0.05) is 24.3 Å². The standard InChI is InChI=1S/C15H12O3S/c16-11-13(14-7-4-10-19-14)8-9-18-15(17)12-5-2-1-3-6-12/h1-8,10-11H,9H2/b13-8+. The molecule has 0 aliphatic carbocycles. The largest absolute Gasteiger partial charge is 0.458 e. The molecule has 3 nitrogen and oxygen atoms in total. The first-order valence-electron chi connectivity index (χ1n) is 5.72. The summed E-state index contributed by atoms with van der Waals surface area (Å²) in [6.45, 7) is 0.0830. The zero-order valence-electron chi connectivity index (χ0n) is 10.1. The van der Waals surface area contributed by atoms with Crippen molar-refractivity contribution >= 4 is 29.2 Å². The normalized spacial score (nSPS) is 11.1. The highest BCUT2D eigenvalue weighted by Crippen LogP contribution is 2.18. The summed E-state index contributed by atoms with van der Waals surface area (Å²) in [5.74, 6) is -0.395. The van der Waals surface area contributed by atoms with E-state index < -0.39 is 5.97 Å². The Morgan fingerprint density at radius 3 is 2.58 bits per heavy atom. The molecule has 2 aromatic rings. The van der Waals surface area contributed by atoms with Crippen molar-refractivity contribution in [2.45, 2.75) is 0 Å². The highest BCUT2D eigenvalue weighted by molar-refractivity contribution is 7.11. The maximum atomic E-state index is 11.7. The first-order chi connectivity index (χ1) is 9.31. The van der Waals surface area contributed by atoms with Crippen molar-refractivity contribution in [3.8, 4) is 0 Å². The van der Waals surface area contributed by atoms with Crippen molar-refractivity contribution in [3.05, 3.63) is 64.4 Å². The van der Waals surface area contributed by atoms with Crippen LogP contribution < -0.4 is 0 Å². The molecule has 0 aliphatic rings. The quantitative estimate of drug-likeness (QED) is 0.477. The molecule has 0 aliphatic heterocycles. The number of rotatable bonds is 5. The maximum Gasteiger partial charge on any atom is 0.338 e. The van der Waals surface area contributed by atoms with Crippen molar-refractivity contribution in [2.75, 3.05) is 6.61 Å². The number of esters is 1. The molecule has 0 fully saturated rings. The summed E-state index contributed by atoms with van der Waals surface area (Å²) in [5, 5.41) is 1.89. The van der Waals surface area contributed by atoms with Crippen LogP contribution >= 0.6 is 11.3 Å². The number of hydrogen-bond donors (Lipinski definition) is 0. The van der Waals surface area contributed by atoms with E-state index in [1.165, 1.54) is 11.3 Å². The summed E-state index contributed by atoms with van der Waals surface area (Å²) >= 11 is 1.47. The second-order valence-electron chi connectivity index (χ2n) is 3.72. The van der Waals surface area contributed by atoms with Crippen LogP contribution in [-0.4, -0.2) is 18.9 Å². The minimum Gasteiger partial charge on any atom is -0.458 e. The van der Waals surface area contributed by atoms with Crippen LogP contribution in [0.2, 0.25) is 0 Å². The summed E-state index contributed by atoms with van der Waals surface area (Å²) in [7, 11) is 0. The first-order valence-corrected chi connectivity index (χ1v) is 6.60. The van der Waals surface area contributed by atoms with Crippen molar-refractivity contribution in [1.82, 2.24) is 0 Å². The number of allylic oxidation sites excluding steroid dienone is 1. The molecule has 0 bridgehead atoms. The second kappa shape index (κ2) is 6.66. The highest BCUT2D eigenvalue weighted by Gasteiger charge is 2.05. The van der Waals surface area contributed by atoms with Gasteiger partial charge >= 0.3 is 5.97 Å². The molecule has 0 atom stereocenters. The van der Waals surface area contributed by atoms with Crippen molar-refractivity contribution < 1.29 is 14.3 Å². The molecule has 0 saturated carbocycles. The van der Waals surface area contributed by atoms with Gasteiger partial charge in [0.05, 0.1) is 5.56 Å². The fraction of sp³-hybridized carbons (Fsp3) is 0.0667. The van der Waals surface area contributed by atoms with E-state index in [1.807, 2.05) is 23.6 Å². The number of benzene rings is 1. The molecule has 19 heavy (non-hydrogen) atoms. The summed E-state index contributed by atoms with van der Waals surface area (Å²) in [6.07, 6.45) is 2.38. The Morgan fingerprint density at radius 1 is 1.16 bits per heavy atom. The lowest BCUT2D eigenvalue weighted by Gasteiger charge is -2.02. The monoisotopic (exact) mass is 272 g/mol. The third kappa shape index (κ3) is 3.63. The maximum absolute atomic E-state index is 11.7. The van der Waals surface area contributed by atoms with Gasteiger partial charge in [0.15, 0.2) is 6.29 Å². The van der Waals surface area contributed by atoms with E-state index in [1.54, 1.807) is 30.3 Å². The van der Waals surface area contributed by atoms with Crippen LogP contribution in [0.4, 0.5) is 0 Å². The number of carbonyl (C=O) groups is 2. The predicted octanol–water partition coefficient (Wildman–Crippen LogP) is 3.19. The average Bonchev–Trinajstić information content (AvgIpc) is 2.98. The molecule has 0 spiro atoms. The summed E-state index contributed by atoms with van der Waals surface area (Å²) < 4.78 is 5.09. The van der Waals surface area contributed by atoms with Crippen molar-refractivity contribution in [2.24, 2.45) is 0 Å². The Morgan fingerprint density at radius 2 is 1.95 bits per heavy atom.